The lowest BCUT2D eigenvalue weighted by atomic mass is 9.78. The Hall–Kier alpha value is -6.93. The van der Waals surface area contributed by atoms with E-state index in [9.17, 15) is 37.1 Å². The topological polar surface area (TPSA) is 184 Å². The largest absolute Gasteiger partial charge is 0.490 e. The van der Waals surface area contributed by atoms with Gasteiger partial charge in [-0.15, -0.1) is 0 Å². The van der Waals surface area contributed by atoms with Gasteiger partial charge in [0, 0.05) is 41.7 Å². The van der Waals surface area contributed by atoms with Crippen molar-refractivity contribution in [1.29, 1.82) is 5.26 Å². The number of amides is 2. The number of carbonyl (C=O) groups is 3. The Morgan fingerprint density at radius 2 is 1.71 bits per heavy atom. The molecule has 2 aliphatic heterocycles. The van der Waals surface area contributed by atoms with E-state index in [2.05, 4.69) is 31.0 Å². The van der Waals surface area contributed by atoms with Crippen molar-refractivity contribution in [2.45, 2.75) is 69.2 Å². The molecule has 0 aliphatic carbocycles. The standard InChI is InChI=1S/C45H42F4N8O5/c1-44(61,43(60)55-31-16-13-28(22-50)34(21-31)45(47,48)49)24-62-32-17-9-26(10-18-32)7-5-3-4-6-8-37(59)54-30-14-11-27(12-15-30)40-39(42-52-25-53-57(42)2)41-38-33(36(58)23-51-41)19-29(46)20-35(38)56-40/h9-21,25,39-40,56,61H,3-8,23-24H2,1-2H3,(H,54,59)(H,55,60)/t39-,40-,44+/m1/s1. The second-order valence-electron chi connectivity index (χ2n) is 15.5. The van der Waals surface area contributed by atoms with Crippen LogP contribution in [-0.2, 0) is 29.2 Å². The molecule has 5 aromatic rings. The van der Waals surface area contributed by atoms with Gasteiger partial charge in [-0.05, 0) is 91.9 Å². The molecule has 2 aliphatic rings. The number of aliphatic imine (C=N–C) groups is 1. The molecule has 3 heterocycles. The number of anilines is 3. The first-order valence-electron chi connectivity index (χ1n) is 19.9. The number of aromatic nitrogens is 3. The fourth-order valence-electron chi connectivity index (χ4n) is 7.56. The highest BCUT2D eigenvalue weighted by Crippen LogP contribution is 2.45. The van der Waals surface area contributed by atoms with E-state index in [-0.39, 0.29) is 23.9 Å². The summed E-state index contributed by atoms with van der Waals surface area (Å²) in [7, 11) is 1.78. The Balaban J connectivity index is 0.842. The van der Waals surface area contributed by atoms with Gasteiger partial charge in [0.1, 0.15) is 36.9 Å². The highest BCUT2D eigenvalue weighted by atomic mass is 19.4. The molecule has 1 aromatic heterocycles. The molecule has 4 N–H and O–H groups in total. The second-order valence-corrected chi connectivity index (χ2v) is 15.5. The van der Waals surface area contributed by atoms with Crippen LogP contribution in [-0.4, -0.2) is 61.9 Å². The number of unbranched alkanes of at least 4 members (excludes halogenated alkanes) is 3. The molecule has 0 radical (unpaired) electrons. The molecule has 7 rings (SSSR count). The molecule has 320 valence electrons. The van der Waals surface area contributed by atoms with Crippen LogP contribution < -0.4 is 20.7 Å². The van der Waals surface area contributed by atoms with E-state index in [1.165, 1.54) is 31.5 Å². The summed E-state index contributed by atoms with van der Waals surface area (Å²) in [6, 6.07) is 20.9. The molecule has 0 saturated heterocycles. The minimum Gasteiger partial charge on any atom is -0.490 e. The van der Waals surface area contributed by atoms with Crippen LogP contribution in [0, 0.1) is 17.1 Å². The van der Waals surface area contributed by atoms with E-state index in [0.717, 1.165) is 48.9 Å². The van der Waals surface area contributed by atoms with E-state index in [1.54, 1.807) is 23.9 Å². The summed E-state index contributed by atoms with van der Waals surface area (Å²) in [5.41, 5.74) is 0.407. The summed E-state index contributed by atoms with van der Waals surface area (Å²) in [6.45, 7) is 0.622. The van der Waals surface area contributed by atoms with Gasteiger partial charge in [0.05, 0.1) is 34.9 Å². The van der Waals surface area contributed by atoms with Gasteiger partial charge in [0.2, 0.25) is 5.91 Å². The number of halogens is 4. The van der Waals surface area contributed by atoms with Crippen molar-refractivity contribution in [3.63, 3.8) is 0 Å². The summed E-state index contributed by atoms with van der Waals surface area (Å²) in [5, 5.41) is 32.6. The normalized spacial score (nSPS) is 16.5. The maximum atomic E-state index is 14.6. The van der Waals surface area contributed by atoms with Crippen molar-refractivity contribution in [3.8, 4) is 11.8 Å². The maximum Gasteiger partial charge on any atom is 0.417 e. The Morgan fingerprint density at radius 1 is 0.984 bits per heavy atom. The first-order chi connectivity index (χ1) is 29.6. The zero-order valence-corrected chi connectivity index (χ0v) is 33.7. The number of aryl methyl sites for hydroxylation is 2. The minimum absolute atomic E-state index is 0.0862. The molecule has 0 bridgehead atoms. The first kappa shape index (κ1) is 43.2. The lowest BCUT2D eigenvalue weighted by Gasteiger charge is -2.37. The summed E-state index contributed by atoms with van der Waals surface area (Å²) in [4.78, 5) is 47.4. The van der Waals surface area contributed by atoms with Gasteiger partial charge in [0.25, 0.3) is 5.91 Å². The molecule has 3 atom stereocenters. The number of nitrogens with zero attached hydrogens (tertiary/aromatic N) is 5. The number of hydrogen-bond acceptors (Lipinski definition) is 10. The van der Waals surface area contributed by atoms with Crippen LogP contribution in [0.15, 0.2) is 90.2 Å². The third kappa shape index (κ3) is 9.66. The van der Waals surface area contributed by atoms with Crippen LogP contribution in [0.25, 0.3) is 0 Å². The van der Waals surface area contributed by atoms with Gasteiger partial charge < -0.3 is 25.8 Å². The van der Waals surface area contributed by atoms with Crippen molar-refractivity contribution in [1.82, 2.24) is 14.8 Å². The van der Waals surface area contributed by atoms with Crippen molar-refractivity contribution in [3.05, 3.63) is 130 Å². The summed E-state index contributed by atoms with van der Waals surface area (Å²) in [6.07, 6.45) is 1.11. The van der Waals surface area contributed by atoms with Crippen LogP contribution in [0.5, 0.6) is 5.75 Å². The zero-order chi connectivity index (χ0) is 44.2. The number of rotatable bonds is 15. The number of benzene rings is 4. The third-order valence-electron chi connectivity index (χ3n) is 10.8. The van der Waals surface area contributed by atoms with Crippen molar-refractivity contribution < 1.29 is 41.8 Å². The van der Waals surface area contributed by atoms with E-state index in [1.807, 2.05) is 36.4 Å². The smallest absolute Gasteiger partial charge is 0.417 e. The number of nitriles is 1. The van der Waals surface area contributed by atoms with Gasteiger partial charge in [0.15, 0.2) is 11.4 Å². The van der Waals surface area contributed by atoms with Crippen LogP contribution in [0.3, 0.4) is 0 Å². The van der Waals surface area contributed by atoms with Gasteiger partial charge in [-0.25, -0.2) is 9.37 Å². The summed E-state index contributed by atoms with van der Waals surface area (Å²) in [5.74, 6) is -1.27. The van der Waals surface area contributed by atoms with Crippen LogP contribution in [0.2, 0.25) is 0 Å². The molecule has 0 saturated carbocycles. The Bertz CT molecular complexity index is 2560. The van der Waals surface area contributed by atoms with Crippen LogP contribution >= 0.6 is 0 Å². The quantitative estimate of drug-likeness (QED) is 0.0606. The van der Waals surface area contributed by atoms with Crippen molar-refractivity contribution in [2.75, 3.05) is 29.1 Å². The molecule has 17 heteroatoms. The van der Waals surface area contributed by atoms with E-state index in [4.69, 9.17) is 10.00 Å². The first-order valence-corrected chi connectivity index (χ1v) is 19.9. The molecule has 2 amide bonds. The molecule has 0 fully saturated rings. The molecule has 13 nitrogen and oxygen atoms in total. The average Bonchev–Trinajstić information content (AvgIpc) is 3.67. The SMILES string of the molecule is Cn1ncnc1[C@H]1C2=NCC(=O)c3cc(F)cc(c32)N[C@@H]1c1ccc(NC(=O)CCCCCCc2ccc(OC[C@](C)(O)C(=O)Nc3ccc(C#N)c(C(F)(F)F)c3)cc2)cc1. The number of aliphatic hydroxyl groups is 1. The zero-order valence-electron chi connectivity index (χ0n) is 33.7. The molecular weight excluding hydrogens is 809 g/mol. The third-order valence-corrected chi connectivity index (χ3v) is 10.8. The van der Waals surface area contributed by atoms with Crippen molar-refractivity contribution in [2.24, 2.45) is 12.0 Å². The maximum absolute atomic E-state index is 14.6. The second kappa shape index (κ2) is 18.0. The highest BCUT2D eigenvalue weighted by Gasteiger charge is 2.42. The molecule has 0 spiro atoms. The average molecular weight is 851 g/mol. The molecule has 62 heavy (non-hydrogen) atoms. The number of Topliss-reactive ketones (excluding diaryl/α,β-unsaturated/α-hetero) is 1. The highest BCUT2D eigenvalue weighted by molar-refractivity contribution is 6.21. The van der Waals surface area contributed by atoms with E-state index >= 15 is 0 Å². The fraction of sp³-hybridized carbons (Fsp3) is 0.311. The summed E-state index contributed by atoms with van der Waals surface area (Å²) >= 11 is 0. The Labute approximate surface area is 353 Å². The number of hydrogen-bond donors (Lipinski definition) is 4. The van der Waals surface area contributed by atoms with Gasteiger partial charge in [-0.3, -0.25) is 24.1 Å². The molecule has 0 unspecified atom stereocenters. The predicted molar refractivity (Wildman–Crippen MR) is 221 cm³/mol. The number of ether oxygens (including phenoxy) is 1. The summed E-state index contributed by atoms with van der Waals surface area (Å²) < 4.78 is 61.8. The Morgan fingerprint density at radius 3 is 2.40 bits per heavy atom. The van der Waals surface area contributed by atoms with Crippen LogP contribution in [0.1, 0.15) is 95.0 Å². The fourth-order valence-corrected chi connectivity index (χ4v) is 7.56. The number of carbonyl (C=O) groups excluding carboxylic acids is 3. The van der Waals surface area contributed by atoms with E-state index in [0.29, 0.717) is 58.7 Å². The van der Waals surface area contributed by atoms with Crippen LogP contribution in [0.4, 0.5) is 34.6 Å². The lowest BCUT2D eigenvalue weighted by Crippen LogP contribution is -2.45. The number of nitrogens with one attached hydrogen (secondary N) is 3. The lowest BCUT2D eigenvalue weighted by molar-refractivity contribution is -0.138. The van der Waals surface area contributed by atoms with Gasteiger partial charge in [-0.2, -0.15) is 23.5 Å². The molecule has 4 aromatic carbocycles. The van der Waals surface area contributed by atoms with Gasteiger partial charge >= 0.3 is 6.18 Å². The van der Waals surface area contributed by atoms with Gasteiger partial charge in [-0.1, -0.05) is 37.1 Å². The number of alkyl halides is 3. The predicted octanol–water partition coefficient (Wildman–Crippen LogP) is 7.68. The van der Waals surface area contributed by atoms with Crippen molar-refractivity contribution >= 4 is 40.4 Å². The minimum atomic E-state index is -4.80. The van der Waals surface area contributed by atoms with E-state index < -0.39 is 53.2 Å². The number of ketones is 1. The molecular formula is C45H42F4N8O5. The monoisotopic (exact) mass is 850 g/mol. The Kier molecular flexibility index (Phi) is 12.5.